The van der Waals surface area contributed by atoms with E-state index in [0.717, 1.165) is 23.5 Å². The minimum Gasteiger partial charge on any atom is -0.326 e. The Morgan fingerprint density at radius 2 is 2.20 bits per heavy atom. The van der Waals surface area contributed by atoms with Gasteiger partial charge in [-0.05, 0) is 43.5 Å². The van der Waals surface area contributed by atoms with Gasteiger partial charge in [-0.3, -0.25) is 4.79 Å². The van der Waals surface area contributed by atoms with Gasteiger partial charge in [0.2, 0.25) is 5.91 Å². The van der Waals surface area contributed by atoms with Gasteiger partial charge in [0.05, 0.1) is 0 Å². The molecule has 0 radical (unpaired) electrons. The Labute approximate surface area is 118 Å². The molecule has 0 spiro atoms. The lowest BCUT2D eigenvalue weighted by Gasteiger charge is -2.30. The number of hydrogen-bond acceptors (Lipinski definition) is 2. The van der Waals surface area contributed by atoms with Crippen molar-refractivity contribution in [3.05, 3.63) is 29.1 Å². The number of anilines is 1. The standard InChI is InChI=1S/C16H21FN2O/c1-18-15(7-10-3-2-4-10)12-8-11-5-6-16(20)19-14(11)9-13(12)17/h8-10,15,18H,2-7H2,1H3,(H,19,20). The van der Waals surface area contributed by atoms with Crippen molar-refractivity contribution in [1.82, 2.24) is 5.32 Å². The van der Waals surface area contributed by atoms with Gasteiger partial charge in [-0.15, -0.1) is 0 Å². The van der Waals surface area contributed by atoms with Crippen molar-refractivity contribution in [2.24, 2.45) is 5.92 Å². The molecule has 1 aromatic rings. The van der Waals surface area contributed by atoms with Crippen LogP contribution in [0.4, 0.5) is 10.1 Å². The molecule has 108 valence electrons. The maximum atomic E-state index is 14.3. The van der Waals surface area contributed by atoms with Gasteiger partial charge in [-0.1, -0.05) is 19.3 Å². The van der Waals surface area contributed by atoms with Gasteiger partial charge in [0.1, 0.15) is 5.82 Å². The predicted molar refractivity (Wildman–Crippen MR) is 77.1 cm³/mol. The summed E-state index contributed by atoms with van der Waals surface area (Å²) in [6.45, 7) is 0. The first-order valence-electron chi connectivity index (χ1n) is 7.47. The van der Waals surface area contributed by atoms with Crippen LogP contribution in [0.25, 0.3) is 0 Å². The molecular formula is C16H21FN2O. The van der Waals surface area contributed by atoms with E-state index in [1.165, 1.54) is 25.3 Å². The number of benzene rings is 1. The molecule has 0 saturated heterocycles. The Morgan fingerprint density at radius 3 is 2.85 bits per heavy atom. The van der Waals surface area contributed by atoms with E-state index in [0.29, 0.717) is 18.5 Å². The zero-order valence-corrected chi connectivity index (χ0v) is 11.8. The minimum absolute atomic E-state index is 0.0238. The number of fused-ring (bicyclic) bond motifs is 1. The van der Waals surface area contributed by atoms with Gasteiger partial charge in [0.25, 0.3) is 0 Å². The first kappa shape index (κ1) is 13.6. The van der Waals surface area contributed by atoms with Crippen LogP contribution >= 0.6 is 0 Å². The van der Waals surface area contributed by atoms with E-state index in [2.05, 4.69) is 10.6 Å². The van der Waals surface area contributed by atoms with E-state index in [-0.39, 0.29) is 17.8 Å². The average molecular weight is 276 g/mol. The van der Waals surface area contributed by atoms with Crippen molar-refractivity contribution in [3.63, 3.8) is 0 Å². The first-order chi connectivity index (χ1) is 9.67. The van der Waals surface area contributed by atoms with E-state index >= 15 is 0 Å². The van der Waals surface area contributed by atoms with Crippen LogP contribution in [-0.4, -0.2) is 13.0 Å². The third-order valence-corrected chi connectivity index (χ3v) is 4.64. The number of aryl methyl sites for hydroxylation is 1. The van der Waals surface area contributed by atoms with Crippen LogP contribution in [-0.2, 0) is 11.2 Å². The lowest BCUT2D eigenvalue weighted by atomic mass is 9.79. The lowest BCUT2D eigenvalue weighted by Crippen LogP contribution is -2.25. The van der Waals surface area contributed by atoms with Crippen molar-refractivity contribution in [1.29, 1.82) is 0 Å². The smallest absolute Gasteiger partial charge is 0.224 e. The summed E-state index contributed by atoms with van der Waals surface area (Å²) in [6, 6.07) is 3.49. The molecule has 1 heterocycles. The number of halogens is 1. The fourth-order valence-electron chi connectivity index (χ4n) is 3.15. The van der Waals surface area contributed by atoms with Crippen molar-refractivity contribution in [2.45, 2.75) is 44.6 Å². The molecular weight excluding hydrogens is 255 g/mol. The zero-order chi connectivity index (χ0) is 14.1. The minimum atomic E-state index is -0.218. The number of hydrogen-bond donors (Lipinski definition) is 2. The fourth-order valence-corrected chi connectivity index (χ4v) is 3.15. The summed E-state index contributed by atoms with van der Waals surface area (Å²) in [5, 5.41) is 6.00. The van der Waals surface area contributed by atoms with Crippen molar-refractivity contribution in [3.8, 4) is 0 Å². The monoisotopic (exact) mass is 276 g/mol. The predicted octanol–water partition coefficient (Wildman–Crippen LogP) is 3.16. The highest BCUT2D eigenvalue weighted by Gasteiger charge is 2.25. The van der Waals surface area contributed by atoms with Gasteiger partial charge in [-0.25, -0.2) is 4.39 Å². The SMILES string of the molecule is CNC(CC1CCC1)c1cc2c(cc1F)NC(=O)CC2. The van der Waals surface area contributed by atoms with Crippen LogP contribution < -0.4 is 10.6 Å². The molecule has 1 unspecified atom stereocenters. The summed E-state index contributed by atoms with van der Waals surface area (Å²) < 4.78 is 14.3. The third-order valence-electron chi connectivity index (χ3n) is 4.64. The number of rotatable bonds is 4. The van der Waals surface area contributed by atoms with E-state index < -0.39 is 0 Å². The van der Waals surface area contributed by atoms with Crippen molar-refractivity contribution < 1.29 is 9.18 Å². The van der Waals surface area contributed by atoms with E-state index in [1.807, 2.05) is 13.1 Å². The number of nitrogens with one attached hydrogen (secondary N) is 2. The number of amides is 1. The zero-order valence-electron chi connectivity index (χ0n) is 11.8. The normalized spacial score (nSPS) is 20.0. The highest BCUT2D eigenvalue weighted by molar-refractivity contribution is 5.93. The molecule has 3 rings (SSSR count). The van der Waals surface area contributed by atoms with Crippen molar-refractivity contribution in [2.75, 3.05) is 12.4 Å². The summed E-state index contributed by atoms with van der Waals surface area (Å²) in [4.78, 5) is 11.4. The highest BCUT2D eigenvalue weighted by atomic mass is 19.1. The molecule has 1 aliphatic heterocycles. The quantitative estimate of drug-likeness (QED) is 0.887. The highest BCUT2D eigenvalue weighted by Crippen LogP contribution is 2.36. The Bertz CT molecular complexity index is 525. The van der Waals surface area contributed by atoms with Crippen LogP contribution in [0, 0.1) is 11.7 Å². The molecule has 1 amide bonds. The average Bonchev–Trinajstić information content (AvgIpc) is 2.38. The summed E-state index contributed by atoms with van der Waals surface area (Å²) in [6.07, 6.45) is 6.03. The van der Waals surface area contributed by atoms with Crippen molar-refractivity contribution >= 4 is 11.6 Å². The van der Waals surface area contributed by atoms with Crippen LogP contribution in [0.5, 0.6) is 0 Å². The Kier molecular flexibility index (Phi) is 3.74. The molecule has 1 atom stereocenters. The van der Waals surface area contributed by atoms with Crippen LogP contribution in [0.15, 0.2) is 12.1 Å². The molecule has 1 aliphatic carbocycles. The Hall–Kier alpha value is -1.42. The number of carbonyl (C=O) groups is 1. The van der Waals surface area contributed by atoms with Crippen LogP contribution in [0.1, 0.15) is 49.3 Å². The number of carbonyl (C=O) groups excluding carboxylic acids is 1. The fraction of sp³-hybridized carbons (Fsp3) is 0.562. The van der Waals surface area contributed by atoms with E-state index in [1.54, 1.807) is 0 Å². The maximum absolute atomic E-state index is 14.3. The van der Waals surface area contributed by atoms with E-state index in [4.69, 9.17) is 0 Å². The maximum Gasteiger partial charge on any atom is 0.224 e. The van der Waals surface area contributed by atoms with Gasteiger partial charge >= 0.3 is 0 Å². The summed E-state index contributed by atoms with van der Waals surface area (Å²) in [5.74, 6) is 0.483. The van der Waals surface area contributed by atoms with Crippen LogP contribution in [0.2, 0.25) is 0 Å². The summed E-state index contributed by atoms with van der Waals surface area (Å²) in [7, 11) is 1.89. The van der Waals surface area contributed by atoms with Gasteiger partial charge in [0.15, 0.2) is 0 Å². The van der Waals surface area contributed by atoms with Gasteiger partial charge in [0, 0.05) is 23.7 Å². The molecule has 1 saturated carbocycles. The van der Waals surface area contributed by atoms with Gasteiger partial charge in [-0.2, -0.15) is 0 Å². The molecule has 1 fully saturated rings. The Morgan fingerprint density at radius 1 is 1.40 bits per heavy atom. The molecule has 2 aliphatic rings. The summed E-state index contributed by atoms with van der Waals surface area (Å²) in [5.41, 5.74) is 2.44. The second kappa shape index (κ2) is 5.52. The lowest BCUT2D eigenvalue weighted by molar-refractivity contribution is -0.116. The topological polar surface area (TPSA) is 41.1 Å². The molecule has 0 aromatic heterocycles. The van der Waals surface area contributed by atoms with Gasteiger partial charge < -0.3 is 10.6 Å². The Balaban J connectivity index is 1.86. The first-order valence-corrected chi connectivity index (χ1v) is 7.47. The molecule has 3 nitrogen and oxygen atoms in total. The second-order valence-electron chi connectivity index (χ2n) is 5.95. The van der Waals surface area contributed by atoms with Crippen LogP contribution in [0.3, 0.4) is 0 Å². The molecule has 0 bridgehead atoms. The molecule has 4 heteroatoms. The second-order valence-corrected chi connectivity index (χ2v) is 5.95. The third kappa shape index (κ3) is 2.57. The largest absolute Gasteiger partial charge is 0.326 e. The molecule has 2 N–H and O–H groups in total. The summed E-state index contributed by atoms with van der Waals surface area (Å²) >= 11 is 0. The molecule has 20 heavy (non-hydrogen) atoms. The van der Waals surface area contributed by atoms with E-state index in [9.17, 15) is 9.18 Å². The molecule has 1 aromatic carbocycles.